The first-order chi connectivity index (χ1) is 8.65. The summed E-state index contributed by atoms with van der Waals surface area (Å²) in [7, 11) is 0. The number of likely N-dealkylation sites (N-methyl/N-ethyl adjacent to an activating group) is 1. The van der Waals surface area contributed by atoms with Gasteiger partial charge in [-0.1, -0.05) is 6.07 Å². The molecule has 0 radical (unpaired) electrons. The lowest BCUT2D eigenvalue weighted by Crippen LogP contribution is -2.27. The van der Waals surface area contributed by atoms with Gasteiger partial charge in [-0.3, -0.25) is 4.79 Å². The van der Waals surface area contributed by atoms with Gasteiger partial charge in [-0.25, -0.2) is 4.98 Å². The summed E-state index contributed by atoms with van der Waals surface area (Å²) in [5.41, 5.74) is 2.97. The van der Waals surface area contributed by atoms with Gasteiger partial charge in [0.05, 0.1) is 16.9 Å². The highest BCUT2D eigenvalue weighted by atomic mass is 35.5. The molecule has 0 aliphatic rings. The summed E-state index contributed by atoms with van der Waals surface area (Å²) in [5, 5.41) is 2.78. The largest absolute Gasteiger partial charge is 0.355 e. The predicted octanol–water partition coefficient (Wildman–Crippen LogP) is 2.22. The summed E-state index contributed by atoms with van der Waals surface area (Å²) in [5.74, 6) is 1.00. The van der Waals surface area contributed by atoms with Gasteiger partial charge in [0.15, 0.2) is 0 Å². The Hall–Kier alpha value is -1.55. The van der Waals surface area contributed by atoms with Crippen molar-refractivity contribution in [2.45, 2.75) is 26.3 Å². The van der Waals surface area contributed by atoms with Crippen molar-refractivity contribution >= 4 is 28.5 Å². The molecular formula is C13H16ClN3O. The van der Waals surface area contributed by atoms with Crippen LogP contribution in [-0.2, 0) is 17.2 Å². The van der Waals surface area contributed by atoms with E-state index in [2.05, 4.69) is 10.3 Å². The molecule has 0 aliphatic heterocycles. The number of hydrogen-bond acceptors (Lipinski definition) is 2. The highest BCUT2D eigenvalue weighted by molar-refractivity contribution is 6.16. The van der Waals surface area contributed by atoms with Crippen molar-refractivity contribution in [2.75, 3.05) is 6.54 Å². The predicted molar refractivity (Wildman–Crippen MR) is 72.7 cm³/mol. The number of halogens is 1. The molecule has 0 fully saturated rings. The zero-order valence-corrected chi connectivity index (χ0v) is 11.3. The van der Waals surface area contributed by atoms with Gasteiger partial charge in [0.1, 0.15) is 12.4 Å². The van der Waals surface area contributed by atoms with Crippen molar-refractivity contribution < 1.29 is 4.79 Å². The third-order valence-corrected chi connectivity index (χ3v) is 3.02. The van der Waals surface area contributed by atoms with Crippen LogP contribution in [0.4, 0.5) is 0 Å². The molecule has 1 aromatic carbocycles. The van der Waals surface area contributed by atoms with E-state index in [1.54, 1.807) is 0 Å². The maximum atomic E-state index is 11.7. The van der Waals surface area contributed by atoms with E-state index in [9.17, 15) is 4.79 Å². The monoisotopic (exact) mass is 265 g/mol. The number of carbonyl (C=O) groups excluding carboxylic acids is 1. The van der Waals surface area contributed by atoms with E-state index in [1.165, 1.54) is 0 Å². The summed E-state index contributed by atoms with van der Waals surface area (Å²) in [6.07, 6.45) is 0. The molecule has 1 N–H and O–H groups in total. The summed E-state index contributed by atoms with van der Waals surface area (Å²) < 4.78 is 1.88. The maximum absolute atomic E-state index is 11.7. The van der Waals surface area contributed by atoms with Crippen molar-refractivity contribution in [3.05, 3.63) is 29.6 Å². The first kappa shape index (κ1) is 12.9. The summed E-state index contributed by atoms with van der Waals surface area (Å²) >= 11 is 5.89. The number of aromatic nitrogens is 2. The molecule has 0 atom stereocenters. The van der Waals surface area contributed by atoms with E-state index in [4.69, 9.17) is 11.6 Å². The normalized spacial score (nSPS) is 10.8. The van der Waals surface area contributed by atoms with Crippen LogP contribution in [0.2, 0.25) is 0 Å². The van der Waals surface area contributed by atoms with Crippen LogP contribution < -0.4 is 5.32 Å². The Balaban J connectivity index is 2.45. The van der Waals surface area contributed by atoms with Gasteiger partial charge in [0.2, 0.25) is 5.91 Å². The number of amides is 1. The second kappa shape index (κ2) is 5.40. The first-order valence-electron chi connectivity index (χ1n) is 5.94. The van der Waals surface area contributed by atoms with E-state index in [1.807, 2.05) is 36.6 Å². The van der Waals surface area contributed by atoms with Crippen molar-refractivity contribution in [1.82, 2.24) is 14.9 Å². The molecule has 0 bridgehead atoms. The number of nitrogens with zero attached hydrogens (tertiary/aromatic N) is 2. The van der Waals surface area contributed by atoms with Crippen LogP contribution in [0.5, 0.6) is 0 Å². The van der Waals surface area contributed by atoms with Gasteiger partial charge in [-0.2, -0.15) is 0 Å². The van der Waals surface area contributed by atoms with E-state index in [0.717, 1.165) is 22.4 Å². The average molecular weight is 266 g/mol. The second-order valence-electron chi connectivity index (χ2n) is 4.19. The number of alkyl halides is 1. The van der Waals surface area contributed by atoms with Crippen LogP contribution in [0.3, 0.4) is 0 Å². The van der Waals surface area contributed by atoms with Gasteiger partial charge < -0.3 is 9.88 Å². The van der Waals surface area contributed by atoms with E-state index >= 15 is 0 Å². The number of aryl methyl sites for hydroxylation is 1. The van der Waals surface area contributed by atoms with E-state index in [-0.39, 0.29) is 12.5 Å². The van der Waals surface area contributed by atoms with Crippen molar-refractivity contribution in [3.63, 3.8) is 0 Å². The van der Waals surface area contributed by atoms with Crippen LogP contribution >= 0.6 is 11.6 Å². The molecule has 1 aromatic heterocycles. The molecule has 0 saturated carbocycles. The molecule has 1 amide bonds. The number of nitrogens with one attached hydrogen (secondary N) is 1. The lowest BCUT2D eigenvalue weighted by Gasteiger charge is -2.07. The standard InChI is InChI=1S/C13H16ClN3O/c1-3-15-13(18)8-17-11-6-9(2)4-5-10(11)16-12(17)7-14/h4-6H,3,7-8H2,1-2H3,(H,15,18). The Morgan fingerprint density at radius 2 is 2.28 bits per heavy atom. The summed E-state index contributed by atoms with van der Waals surface area (Å²) in [4.78, 5) is 16.1. The molecule has 0 spiro atoms. The Morgan fingerprint density at radius 1 is 1.50 bits per heavy atom. The average Bonchev–Trinajstić information content (AvgIpc) is 2.67. The van der Waals surface area contributed by atoms with Crippen LogP contribution in [0.15, 0.2) is 18.2 Å². The molecule has 0 unspecified atom stereocenters. The third-order valence-electron chi connectivity index (χ3n) is 2.78. The van der Waals surface area contributed by atoms with Crippen molar-refractivity contribution in [3.8, 4) is 0 Å². The summed E-state index contributed by atoms with van der Waals surface area (Å²) in [6.45, 7) is 4.80. The van der Waals surface area contributed by atoms with Gasteiger partial charge in [-0.15, -0.1) is 11.6 Å². The maximum Gasteiger partial charge on any atom is 0.239 e. The van der Waals surface area contributed by atoms with Gasteiger partial charge >= 0.3 is 0 Å². The first-order valence-corrected chi connectivity index (χ1v) is 6.47. The lowest BCUT2D eigenvalue weighted by molar-refractivity contribution is -0.121. The Bertz CT molecular complexity index is 577. The number of rotatable bonds is 4. The Morgan fingerprint density at radius 3 is 2.94 bits per heavy atom. The number of fused-ring (bicyclic) bond motifs is 1. The highest BCUT2D eigenvalue weighted by Gasteiger charge is 2.12. The minimum absolute atomic E-state index is 0.0235. The van der Waals surface area contributed by atoms with Crippen LogP contribution in [0.25, 0.3) is 11.0 Å². The van der Waals surface area contributed by atoms with E-state index in [0.29, 0.717) is 12.4 Å². The van der Waals surface area contributed by atoms with E-state index < -0.39 is 0 Å². The molecule has 2 aromatic rings. The lowest BCUT2D eigenvalue weighted by atomic mass is 10.2. The topological polar surface area (TPSA) is 46.9 Å². The summed E-state index contributed by atoms with van der Waals surface area (Å²) in [6, 6.07) is 5.98. The second-order valence-corrected chi connectivity index (χ2v) is 4.46. The minimum atomic E-state index is -0.0235. The number of carbonyl (C=O) groups is 1. The van der Waals surface area contributed by atoms with Gasteiger partial charge in [-0.05, 0) is 31.5 Å². The molecule has 2 rings (SSSR count). The van der Waals surface area contributed by atoms with Crippen LogP contribution in [-0.4, -0.2) is 22.0 Å². The number of hydrogen-bond donors (Lipinski definition) is 1. The highest BCUT2D eigenvalue weighted by Crippen LogP contribution is 2.19. The molecule has 0 saturated heterocycles. The van der Waals surface area contributed by atoms with Gasteiger partial charge in [0.25, 0.3) is 0 Å². The fraction of sp³-hybridized carbons (Fsp3) is 0.385. The Labute approximate surface area is 111 Å². The minimum Gasteiger partial charge on any atom is -0.355 e. The quantitative estimate of drug-likeness (QED) is 0.862. The molecule has 4 nitrogen and oxygen atoms in total. The van der Waals surface area contributed by atoms with Crippen LogP contribution in [0.1, 0.15) is 18.3 Å². The fourth-order valence-electron chi connectivity index (χ4n) is 1.96. The molecule has 5 heteroatoms. The van der Waals surface area contributed by atoms with Gasteiger partial charge in [0, 0.05) is 6.54 Å². The Kier molecular flexibility index (Phi) is 3.87. The smallest absolute Gasteiger partial charge is 0.239 e. The zero-order chi connectivity index (χ0) is 13.1. The molecule has 18 heavy (non-hydrogen) atoms. The third kappa shape index (κ3) is 2.48. The zero-order valence-electron chi connectivity index (χ0n) is 10.5. The SMILES string of the molecule is CCNC(=O)Cn1c(CCl)nc2ccc(C)cc21. The molecular weight excluding hydrogens is 250 g/mol. The number of benzene rings is 1. The van der Waals surface area contributed by atoms with Crippen molar-refractivity contribution in [1.29, 1.82) is 0 Å². The number of imidazole rings is 1. The fourth-order valence-corrected chi connectivity index (χ4v) is 2.16. The molecule has 0 aliphatic carbocycles. The van der Waals surface area contributed by atoms with Crippen molar-refractivity contribution in [2.24, 2.45) is 0 Å². The molecule has 96 valence electrons. The molecule has 1 heterocycles. The van der Waals surface area contributed by atoms with Crippen LogP contribution in [0, 0.1) is 6.92 Å².